The second kappa shape index (κ2) is 8.33. The SMILES string of the molecule is Cc1ccc(NS(C)(=O)=O)c(C(=O)N2CCC[C@H](C)[C@@H]2c2cc3nc(C)c(C)c(=O)n3[nH]2)c1. The number of amides is 1. The second-order valence-electron chi connectivity index (χ2n) is 9.02. The van der Waals surface area contributed by atoms with Gasteiger partial charge in [-0.05, 0) is 51.7 Å². The van der Waals surface area contributed by atoms with Crippen LogP contribution in [0.4, 0.5) is 5.69 Å². The molecule has 9 nitrogen and oxygen atoms in total. The zero-order valence-corrected chi connectivity index (χ0v) is 20.3. The van der Waals surface area contributed by atoms with Gasteiger partial charge in [-0.2, -0.15) is 0 Å². The third kappa shape index (κ3) is 4.39. The van der Waals surface area contributed by atoms with Crippen molar-refractivity contribution in [2.75, 3.05) is 17.5 Å². The van der Waals surface area contributed by atoms with Crippen molar-refractivity contribution < 1.29 is 13.2 Å². The molecular formula is C23H29N5O4S. The van der Waals surface area contributed by atoms with E-state index >= 15 is 0 Å². The van der Waals surface area contributed by atoms with Gasteiger partial charge in [-0.15, -0.1) is 0 Å². The first kappa shape index (κ1) is 23.0. The minimum Gasteiger partial charge on any atom is -0.330 e. The van der Waals surface area contributed by atoms with Crippen molar-refractivity contribution in [2.45, 2.75) is 46.6 Å². The quantitative estimate of drug-likeness (QED) is 0.607. The number of hydrogen-bond donors (Lipinski definition) is 2. The fourth-order valence-corrected chi connectivity index (χ4v) is 5.14. The van der Waals surface area contributed by atoms with E-state index in [0.717, 1.165) is 30.4 Å². The minimum absolute atomic E-state index is 0.129. The number of nitrogens with one attached hydrogen (secondary N) is 2. The number of likely N-dealkylation sites (tertiary alicyclic amines) is 1. The van der Waals surface area contributed by atoms with Gasteiger partial charge in [0.15, 0.2) is 5.65 Å². The highest BCUT2D eigenvalue weighted by Crippen LogP contribution is 2.37. The van der Waals surface area contributed by atoms with Gasteiger partial charge in [-0.1, -0.05) is 18.6 Å². The average Bonchev–Trinajstić information content (AvgIpc) is 3.15. The van der Waals surface area contributed by atoms with E-state index in [1.807, 2.05) is 13.0 Å². The van der Waals surface area contributed by atoms with Crippen LogP contribution in [-0.2, 0) is 10.0 Å². The standard InChI is InChI=1S/C23H29N5O4S/c1-13-8-9-18(26-33(5,31)32)17(11-13)23(30)27-10-6-7-14(2)21(27)19-12-20-24-16(4)15(3)22(29)28(20)25-19/h8-9,11-12,14,21,25-26H,6-7,10H2,1-5H3/t14-,21+/m0/s1. The van der Waals surface area contributed by atoms with Crippen LogP contribution in [0.2, 0.25) is 0 Å². The molecule has 0 aliphatic carbocycles. The molecule has 3 heterocycles. The summed E-state index contributed by atoms with van der Waals surface area (Å²) in [5, 5.41) is 3.17. The van der Waals surface area contributed by atoms with Crippen LogP contribution in [-0.4, -0.2) is 46.6 Å². The zero-order valence-electron chi connectivity index (χ0n) is 19.5. The molecule has 0 bridgehead atoms. The van der Waals surface area contributed by atoms with Crippen LogP contribution in [0.5, 0.6) is 0 Å². The molecule has 10 heteroatoms. The number of sulfonamides is 1. The molecule has 1 saturated heterocycles. The molecule has 1 aliphatic rings. The van der Waals surface area contributed by atoms with E-state index in [1.54, 1.807) is 36.9 Å². The van der Waals surface area contributed by atoms with Gasteiger partial charge in [0.05, 0.1) is 29.2 Å². The smallest absolute Gasteiger partial charge is 0.275 e. The molecule has 4 rings (SSSR count). The molecule has 2 N–H and O–H groups in total. The van der Waals surface area contributed by atoms with Crippen molar-refractivity contribution in [1.82, 2.24) is 19.5 Å². The third-order valence-corrected chi connectivity index (χ3v) is 6.91. The Kier molecular flexibility index (Phi) is 5.81. The van der Waals surface area contributed by atoms with E-state index in [4.69, 9.17) is 0 Å². The van der Waals surface area contributed by atoms with Crippen LogP contribution in [0.1, 0.15) is 58.7 Å². The van der Waals surface area contributed by atoms with Crippen molar-refractivity contribution >= 4 is 27.3 Å². The largest absolute Gasteiger partial charge is 0.330 e. The summed E-state index contributed by atoms with van der Waals surface area (Å²) in [6.45, 7) is 8.00. The van der Waals surface area contributed by atoms with Gasteiger partial charge in [-0.3, -0.25) is 19.4 Å². The summed E-state index contributed by atoms with van der Waals surface area (Å²) in [4.78, 5) is 32.8. The predicted octanol–water partition coefficient (Wildman–Crippen LogP) is 2.93. The maximum Gasteiger partial charge on any atom is 0.275 e. The summed E-state index contributed by atoms with van der Waals surface area (Å²) >= 11 is 0. The topological polar surface area (TPSA) is 117 Å². The van der Waals surface area contributed by atoms with Crippen LogP contribution in [0.15, 0.2) is 29.1 Å². The fraction of sp³-hybridized carbons (Fsp3) is 0.435. The average molecular weight is 472 g/mol. The van der Waals surface area contributed by atoms with Gasteiger partial charge in [0.2, 0.25) is 10.0 Å². The number of aromatic nitrogens is 3. The first-order chi connectivity index (χ1) is 15.5. The molecule has 1 aliphatic heterocycles. The van der Waals surface area contributed by atoms with Gasteiger partial charge in [0.25, 0.3) is 11.5 Å². The van der Waals surface area contributed by atoms with Crippen molar-refractivity contribution in [2.24, 2.45) is 5.92 Å². The van der Waals surface area contributed by atoms with E-state index in [2.05, 4.69) is 21.7 Å². The number of piperidine rings is 1. The number of H-pyrrole nitrogens is 1. The monoisotopic (exact) mass is 471 g/mol. The van der Waals surface area contributed by atoms with E-state index in [0.29, 0.717) is 29.0 Å². The van der Waals surface area contributed by atoms with Crippen molar-refractivity contribution in [3.8, 4) is 0 Å². The number of carbonyl (C=O) groups excluding carboxylic acids is 1. The van der Waals surface area contributed by atoms with Crippen LogP contribution < -0.4 is 10.3 Å². The molecule has 1 amide bonds. The van der Waals surface area contributed by atoms with Crippen LogP contribution in [0.3, 0.4) is 0 Å². The Balaban J connectivity index is 1.80. The van der Waals surface area contributed by atoms with Gasteiger partial charge in [0, 0.05) is 23.9 Å². The number of benzene rings is 1. The Bertz CT molecular complexity index is 1410. The normalized spacial score (nSPS) is 19.1. The van der Waals surface area contributed by atoms with E-state index in [1.165, 1.54) is 4.52 Å². The first-order valence-electron chi connectivity index (χ1n) is 10.9. The lowest BCUT2D eigenvalue weighted by Crippen LogP contribution is -2.42. The molecular weight excluding hydrogens is 442 g/mol. The summed E-state index contributed by atoms with van der Waals surface area (Å²) in [6, 6.07) is 6.60. The molecule has 176 valence electrons. The molecule has 1 fully saturated rings. The molecule has 0 saturated carbocycles. The molecule has 0 spiro atoms. The number of fused-ring (bicyclic) bond motifs is 1. The maximum absolute atomic E-state index is 13.8. The predicted molar refractivity (Wildman–Crippen MR) is 127 cm³/mol. The van der Waals surface area contributed by atoms with Gasteiger partial charge >= 0.3 is 0 Å². The van der Waals surface area contributed by atoms with Gasteiger partial charge < -0.3 is 4.90 Å². The van der Waals surface area contributed by atoms with E-state index in [9.17, 15) is 18.0 Å². The van der Waals surface area contributed by atoms with Crippen molar-refractivity contribution in [3.63, 3.8) is 0 Å². The number of aryl methyl sites for hydroxylation is 2. The lowest BCUT2D eigenvalue weighted by Gasteiger charge is -2.39. The summed E-state index contributed by atoms with van der Waals surface area (Å²) in [7, 11) is -3.56. The lowest BCUT2D eigenvalue weighted by molar-refractivity contribution is 0.0505. The molecule has 1 aromatic carbocycles. The number of rotatable bonds is 4. The molecule has 2 aromatic heterocycles. The maximum atomic E-state index is 13.8. The first-order valence-corrected chi connectivity index (χ1v) is 12.8. The Hall–Kier alpha value is -3.14. The van der Waals surface area contributed by atoms with E-state index in [-0.39, 0.29) is 29.1 Å². The Morgan fingerprint density at radius 3 is 2.64 bits per heavy atom. The summed E-state index contributed by atoms with van der Waals surface area (Å²) in [5.41, 5.74) is 3.74. The zero-order chi connectivity index (χ0) is 24.1. The molecule has 3 aromatic rings. The van der Waals surface area contributed by atoms with Crippen molar-refractivity contribution in [3.05, 3.63) is 62.7 Å². The fourth-order valence-electron chi connectivity index (χ4n) is 4.56. The van der Waals surface area contributed by atoms with Gasteiger partial charge in [-0.25, -0.2) is 17.9 Å². The molecule has 33 heavy (non-hydrogen) atoms. The van der Waals surface area contributed by atoms with E-state index < -0.39 is 10.0 Å². The highest BCUT2D eigenvalue weighted by Gasteiger charge is 2.36. The Morgan fingerprint density at radius 1 is 1.21 bits per heavy atom. The second-order valence-corrected chi connectivity index (χ2v) is 10.8. The number of hydrogen-bond acceptors (Lipinski definition) is 5. The van der Waals surface area contributed by atoms with Crippen LogP contribution in [0, 0.1) is 26.7 Å². The number of aromatic amines is 1. The molecule has 0 unspecified atom stereocenters. The highest BCUT2D eigenvalue weighted by molar-refractivity contribution is 7.92. The summed E-state index contributed by atoms with van der Waals surface area (Å²) in [6.07, 6.45) is 2.82. The third-order valence-electron chi connectivity index (χ3n) is 6.32. The summed E-state index contributed by atoms with van der Waals surface area (Å²) < 4.78 is 27.6. The highest BCUT2D eigenvalue weighted by atomic mass is 32.2. The van der Waals surface area contributed by atoms with Crippen LogP contribution in [0.25, 0.3) is 5.65 Å². The Morgan fingerprint density at radius 2 is 1.94 bits per heavy atom. The Labute approximate surface area is 192 Å². The number of anilines is 1. The van der Waals surface area contributed by atoms with Gasteiger partial charge in [0.1, 0.15) is 0 Å². The number of nitrogens with zero attached hydrogens (tertiary/aromatic N) is 3. The lowest BCUT2D eigenvalue weighted by atomic mass is 9.88. The molecule has 2 atom stereocenters. The summed E-state index contributed by atoms with van der Waals surface area (Å²) in [5.74, 6) is -0.127. The minimum atomic E-state index is -3.56. The molecule has 0 radical (unpaired) electrons. The van der Waals surface area contributed by atoms with Crippen LogP contribution >= 0.6 is 0 Å². The number of carbonyl (C=O) groups is 1. The van der Waals surface area contributed by atoms with Crippen molar-refractivity contribution in [1.29, 1.82) is 0 Å².